The van der Waals surface area contributed by atoms with Gasteiger partial charge in [0.25, 0.3) is 11.8 Å². The maximum atomic E-state index is 12.3. The van der Waals surface area contributed by atoms with Crippen LogP contribution in [0, 0.1) is 0 Å². The van der Waals surface area contributed by atoms with E-state index in [1.807, 2.05) is 20.8 Å². The molecule has 0 spiro atoms. The molecule has 2 rings (SSSR count). The summed E-state index contributed by atoms with van der Waals surface area (Å²) in [4.78, 5) is 24.5. The van der Waals surface area contributed by atoms with E-state index in [-0.39, 0.29) is 21.9 Å². The van der Waals surface area contributed by atoms with Gasteiger partial charge in [0.05, 0.1) is 4.90 Å². The van der Waals surface area contributed by atoms with Crippen LogP contribution in [0.15, 0.2) is 53.4 Å². The number of sulfone groups is 1. The number of carbonyl (C=O) groups excluding carboxylic acids is 2. The van der Waals surface area contributed by atoms with Crippen LogP contribution >= 0.6 is 0 Å². The summed E-state index contributed by atoms with van der Waals surface area (Å²) in [7, 11) is -3.39. The van der Waals surface area contributed by atoms with E-state index in [1.165, 1.54) is 24.3 Å². The molecule has 0 aromatic heterocycles. The molecule has 0 heterocycles. The van der Waals surface area contributed by atoms with Gasteiger partial charge in [0, 0.05) is 28.6 Å². The Balaban J connectivity index is 2.12. The van der Waals surface area contributed by atoms with E-state index in [4.69, 9.17) is 0 Å². The summed E-state index contributed by atoms with van der Waals surface area (Å²) < 4.78 is 23.2. The Kier molecular flexibility index (Phi) is 5.51. The first kappa shape index (κ1) is 19.7. The third-order valence-electron chi connectivity index (χ3n) is 3.42. The summed E-state index contributed by atoms with van der Waals surface area (Å²) in [5.74, 6) is -0.626. The Bertz CT molecular complexity index is 927. The number of carbonyl (C=O) groups is 2. The molecule has 0 aliphatic carbocycles. The van der Waals surface area contributed by atoms with Crippen molar-refractivity contribution >= 4 is 27.3 Å². The summed E-state index contributed by atoms with van der Waals surface area (Å²) in [5, 5.41) is 5.54. The smallest absolute Gasteiger partial charge is 0.255 e. The molecule has 2 amide bonds. The molecule has 6 nitrogen and oxygen atoms in total. The second-order valence-corrected chi connectivity index (χ2v) is 9.05. The van der Waals surface area contributed by atoms with Crippen LogP contribution in [-0.2, 0) is 9.84 Å². The van der Waals surface area contributed by atoms with Gasteiger partial charge < -0.3 is 10.6 Å². The molecule has 7 heteroatoms. The Morgan fingerprint density at radius 3 is 2.04 bits per heavy atom. The fourth-order valence-corrected chi connectivity index (χ4v) is 2.86. The predicted molar refractivity (Wildman–Crippen MR) is 101 cm³/mol. The van der Waals surface area contributed by atoms with Crippen molar-refractivity contribution in [3.05, 3.63) is 59.7 Å². The standard InChI is InChI=1S/C19H22N2O4S/c1-19(2,3)21-18(23)13-8-10-15(11-9-13)20-17(22)14-6-5-7-16(12-14)26(4,24)25/h5-12H,1-4H3,(H,20,22)(H,21,23). The first-order valence-corrected chi connectivity index (χ1v) is 9.89. The summed E-state index contributed by atoms with van der Waals surface area (Å²) in [6.45, 7) is 5.68. The van der Waals surface area contributed by atoms with Crippen LogP contribution in [0.1, 0.15) is 41.5 Å². The molecule has 2 aromatic carbocycles. The van der Waals surface area contributed by atoms with E-state index < -0.39 is 15.7 Å². The maximum Gasteiger partial charge on any atom is 0.255 e. The van der Waals surface area contributed by atoms with Crippen molar-refractivity contribution in [2.75, 3.05) is 11.6 Å². The van der Waals surface area contributed by atoms with E-state index in [1.54, 1.807) is 24.3 Å². The lowest BCUT2D eigenvalue weighted by Gasteiger charge is -2.20. The molecule has 0 aliphatic heterocycles. The topological polar surface area (TPSA) is 92.3 Å². The van der Waals surface area contributed by atoms with Gasteiger partial charge in [-0.15, -0.1) is 0 Å². The van der Waals surface area contributed by atoms with Crippen molar-refractivity contribution in [2.24, 2.45) is 0 Å². The average molecular weight is 374 g/mol. The molecule has 2 aromatic rings. The highest BCUT2D eigenvalue weighted by molar-refractivity contribution is 7.90. The van der Waals surface area contributed by atoms with E-state index in [0.717, 1.165) is 6.26 Å². The highest BCUT2D eigenvalue weighted by atomic mass is 32.2. The lowest BCUT2D eigenvalue weighted by molar-refractivity contribution is 0.0919. The van der Waals surface area contributed by atoms with E-state index in [2.05, 4.69) is 10.6 Å². The predicted octanol–water partition coefficient (Wildman–Crippen LogP) is 2.87. The first-order valence-electron chi connectivity index (χ1n) is 8.00. The van der Waals surface area contributed by atoms with Crippen LogP contribution in [0.25, 0.3) is 0 Å². The molecule has 0 atom stereocenters. The SMILES string of the molecule is CC(C)(C)NC(=O)c1ccc(NC(=O)c2cccc(S(C)(=O)=O)c2)cc1. The number of benzene rings is 2. The zero-order chi connectivity index (χ0) is 19.5. The van der Waals surface area contributed by atoms with Crippen LogP contribution in [0.2, 0.25) is 0 Å². The van der Waals surface area contributed by atoms with Gasteiger partial charge in [-0.1, -0.05) is 6.07 Å². The minimum atomic E-state index is -3.39. The number of hydrogen-bond acceptors (Lipinski definition) is 4. The highest BCUT2D eigenvalue weighted by Crippen LogP contribution is 2.15. The summed E-state index contributed by atoms with van der Waals surface area (Å²) in [6, 6.07) is 12.3. The molecule has 0 saturated heterocycles. The fourth-order valence-electron chi connectivity index (χ4n) is 2.19. The minimum absolute atomic E-state index is 0.0827. The Morgan fingerprint density at radius 1 is 0.885 bits per heavy atom. The van der Waals surface area contributed by atoms with Crippen molar-refractivity contribution in [3.8, 4) is 0 Å². The number of anilines is 1. The van der Waals surface area contributed by atoms with Crippen molar-refractivity contribution < 1.29 is 18.0 Å². The minimum Gasteiger partial charge on any atom is -0.347 e. The van der Waals surface area contributed by atoms with E-state index in [9.17, 15) is 18.0 Å². The number of rotatable bonds is 4. The molecule has 0 unspecified atom stereocenters. The Morgan fingerprint density at radius 2 is 1.50 bits per heavy atom. The van der Waals surface area contributed by atoms with E-state index >= 15 is 0 Å². The molecule has 0 saturated carbocycles. The monoisotopic (exact) mass is 374 g/mol. The second kappa shape index (κ2) is 7.29. The van der Waals surface area contributed by atoms with Gasteiger partial charge in [-0.3, -0.25) is 9.59 Å². The van der Waals surface area contributed by atoms with Crippen LogP contribution in [-0.4, -0.2) is 32.0 Å². The fraction of sp³-hybridized carbons (Fsp3) is 0.263. The Hall–Kier alpha value is -2.67. The van der Waals surface area contributed by atoms with Gasteiger partial charge in [-0.25, -0.2) is 8.42 Å². The van der Waals surface area contributed by atoms with Crippen molar-refractivity contribution in [1.29, 1.82) is 0 Å². The summed E-state index contributed by atoms with van der Waals surface area (Å²) >= 11 is 0. The van der Waals surface area contributed by atoms with Crippen LogP contribution in [0.3, 0.4) is 0 Å². The molecule has 26 heavy (non-hydrogen) atoms. The van der Waals surface area contributed by atoms with Crippen LogP contribution < -0.4 is 10.6 Å². The molecule has 0 aliphatic rings. The van der Waals surface area contributed by atoms with Gasteiger partial charge in [0.15, 0.2) is 9.84 Å². The van der Waals surface area contributed by atoms with Gasteiger partial charge in [0.2, 0.25) is 0 Å². The van der Waals surface area contributed by atoms with Crippen LogP contribution in [0.5, 0.6) is 0 Å². The molecule has 2 N–H and O–H groups in total. The zero-order valence-electron chi connectivity index (χ0n) is 15.2. The molecule has 0 bridgehead atoms. The van der Waals surface area contributed by atoms with Crippen LogP contribution in [0.4, 0.5) is 5.69 Å². The average Bonchev–Trinajstić information content (AvgIpc) is 2.53. The van der Waals surface area contributed by atoms with E-state index in [0.29, 0.717) is 11.3 Å². The van der Waals surface area contributed by atoms with Crippen molar-refractivity contribution in [3.63, 3.8) is 0 Å². The number of amides is 2. The first-order chi connectivity index (χ1) is 12.0. The van der Waals surface area contributed by atoms with Gasteiger partial charge in [-0.05, 0) is 63.2 Å². The highest BCUT2D eigenvalue weighted by Gasteiger charge is 2.15. The normalized spacial score (nSPS) is 11.7. The molecule has 0 radical (unpaired) electrons. The lowest BCUT2D eigenvalue weighted by atomic mass is 10.1. The van der Waals surface area contributed by atoms with Crippen molar-refractivity contribution in [2.45, 2.75) is 31.2 Å². The molecule has 138 valence electrons. The number of nitrogens with one attached hydrogen (secondary N) is 2. The summed E-state index contributed by atoms with van der Waals surface area (Å²) in [5.41, 5.74) is 0.890. The third-order valence-corrected chi connectivity index (χ3v) is 4.53. The Labute approximate surface area is 153 Å². The number of hydrogen-bond donors (Lipinski definition) is 2. The molecular formula is C19H22N2O4S. The molecule has 0 fully saturated rings. The third kappa shape index (κ3) is 5.42. The zero-order valence-corrected chi connectivity index (χ0v) is 16.0. The molecular weight excluding hydrogens is 352 g/mol. The van der Waals surface area contributed by atoms with Gasteiger partial charge >= 0.3 is 0 Å². The second-order valence-electron chi connectivity index (χ2n) is 7.04. The van der Waals surface area contributed by atoms with Gasteiger partial charge in [-0.2, -0.15) is 0 Å². The van der Waals surface area contributed by atoms with Crippen molar-refractivity contribution in [1.82, 2.24) is 5.32 Å². The largest absolute Gasteiger partial charge is 0.347 e. The lowest BCUT2D eigenvalue weighted by Crippen LogP contribution is -2.40. The quantitative estimate of drug-likeness (QED) is 0.861. The van der Waals surface area contributed by atoms with Gasteiger partial charge in [0.1, 0.15) is 0 Å². The summed E-state index contributed by atoms with van der Waals surface area (Å²) in [6.07, 6.45) is 1.09. The maximum absolute atomic E-state index is 12.3.